The van der Waals surface area contributed by atoms with Crippen molar-refractivity contribution in [1.82, 2.24) is 4.57 Å². The lowest BCUT2D eigenvalue weighted by molar-refractivity contribution is -0.704. The molecule has 0 N–H and O–H groups in total. The molecule has 0 bridgehead atoms. The molecule has 2 nitrogen and oxygen atoms in total. The van der Waals surface area contributed by atoms with E-state index in [1.165, 1.54) is 113 Å². The Kier molecular flexibility index (Phi) is 15.2. The Morgan fingerprint density at radius 2 is 1.12 bits per heavy atom. The maximum absolute atomic E-state index is 2.64. The molecular weight excluding hydrogens is 484 g/mol. The number of unbranched alkanes of at least 4 members (excludes halogenated alkanes) is 13. The molecule has 0 saturated heterocycles. The van der Waals surface area contributed by atoms with Gasteiger partial charge in [0.25, 0.3) is 5.82 Å². The molecule has 0 amide bonds. The highest BCUT2D eigenvalue weighted by Crippen LogP contribution is 2.24. The molecule has 0 aliphatic heterocycles. The molecule has 40 heavy (non-hydrogen) atoms. The van der Waals surface area contributed by atoms with Gasteiger partial charge in [0.15, 0.2) is 0 Å². The van der Waals surface area contributed by atoms with Crippen molar-refractivity contribution in [2.24, 2.45) is 0 Å². The molecule has 0 aliphatic rings. The molecule has 2 heteroatoms. The second-order valence-electron chi connectivity index (χ2n) is 12.5. The smallest absolute Gasteiger partial charge is 0.234 e. The Morgan fingerprint density at radius 1 is 0.625 bits per heavy atom. The molecule has 2 aromatic carbocycles. The minimum absolute atomic E-state index is 0.453. The number of nitrogens with zero attached hydrogens (tertiary/aromatic N) is 2. The fourth-order valence-corrected chi connectivity index (χ4v) is 6.25. The van der Waals surface area contributed by atoms with Crippen LogP contribution in [-0.2, 0) is 19.4 Å². The van der Waals surface area contributed by atoms with E-state index in [1.54, 1.807) is 0 Å². The summed E-state index contributed by atoms with van der Waals surface area (Å²) >= 11 is 0. The first-order valence-electron chi connectivity index (χ1n) is 16.8. The summed E-state index contributed by atoms with van der Waals surface area (Å²) in [6, 6.07) is 22.5. The highest BCUT2D eigenvalue weighted by molar-refractivity contribution is 5.22. The lowest BCUT2D eigenvalue weighted by atomic mass is 9.96. The lowest BCUT2D eigenvalue weighted by Gasteiger charge is -2.13. The van der Waals surface area contributed by atoms with Crippen LogP contribution in [0.4, 0.5) is 0 Å². The van der Waals surface area contributed by atoms with E-state index in [2.05, 4.69) is 104 Å². The van der Waals surface area contributed by atoms with Crippen molar-refractivity contribution in [2.75, 3.05) is 0 Å². The van der Waals surface area contributed by atoms with Gasteiger partial charge in [-0.05, 0) is 43.7 Å². The van der Waals surface area contributed by atoms with Crippen molar-refractivity contribution in [3.8, 4) is 0 Å². The topological polar surface area (TPSA) is 8.81 Å². The fourth-order valence-electron chi connectivity index (χ4n) is 6.25. The number of aryl methyl sites for hydroxylation is 1. The summed E-state index contributed by atoms with van der Waals surface area (Å²) in [4.78, 5) is 0. The molecule has 0 fully saturated rings. The Bertz CT molecular complexity index is 1030. The third-order valence-electron chi connectivity index (χ3n) is 8.58. The van der Waals surface area contributed by atoms with Gasteiger partial charge in [0.2, 0.25) is 0 Å². The highest BCUT2D eigenvalue weighted by Gasteiger charge is 2.26. The van der Waals surface area contributed by atoms with E-state index >= 15 is 0 Å². The van der Waals surface area contributed by atoms with E-state index in [0.29, 0.717) is 12.0 Å². The minimum atomic E-state index is 0.453. The van der Waals surface area contributed by atoms with Crippen LogP contribution in [0.25, 0.3) is 0 Å². The van der Waals surface area contributed by atoms with Crippen LogP contribution in [0.3, 0.4) is 0 Å². The molecule has 1 atom stereocenters. The van der Waals surface area contributed by atoms with Gasteiger partial charge in [-0.2, -0.15) is 0 Å². The second-order valence-corrected chi connectivity index (χ2v) is 12.5. The number of benzene rings is 2. The van der Waals surface area contributed by atoms with Crippen LogP contribution in [-0.4, -0.2) is 4.57 Å². The lowest BCUT2D eigenvalue weighted by Crippen LogP contribution is -2.37. The van der Waals surface area contributed by atoms with Crippen molar-refractivity contribution in [2.45, 2.75) is 149 Å². The fraction of sp³-hybridized carbons (Fsp3) is 0.605. The van der Waals surface area contributed by atoms with Gasteiger partial charge in [0.05, 0.1) is 19.0 Å². The first kappa shape index (κ1) is 32.2. The summed E-state index contributed by atoms with van der Waals surface area (Å²) in [5.41, 5.74) is 4.31. The summed E-state index contributed by atoms with van der Waals surface area (Å²) in [6.45, 7) is 10.5. The molecule has 0 aliphatic carbocycles. The maximum Gasteiger partial charge on any atom is 0.261 e. The highest BCUT2D eigenvalue weighted by atomic mass is 15.2. The van der Waals surface area contributed by atoms with Crippen LogP contribution in [0.5, 0.6) is 0 Å². The first-order chi connectivity index (χ1) is 19.6. The van der Waals surface area contributed by atoms with Gasteiger partial charge in [-0.25, -0.2) is 9.13 Å². The van der Waals surface area contributed by atoms with Crippen molar-refractivity contribution in [1.29, 1.82) is 0 Å². The van der Waals surface area contributed by atoms with Crippen molar-refractivity contribution in [3.63, 3.8) is 0 Å². The van der Waals surface area contributed by atoms with E-state index in [0.717, 1.165) is 19.4 Å². The largest absolute Gasteiger partial charge is 0.261 e. The molecule has 1 heterocycles. The van der Waals surface area contributed by atoms with Crippen LogP contribution >= 0.6 is 0 Å². The van der Waals surface area contributed by atoms with E-state index in [4.69, 9.17) is 0 Å². The van der Waals surface area contributed by atoms with Gasteiger partial charge in [-0.1, -0.05) is 152 Å². The van der Waals surface area contributed by atoms with Crippen molar-refractivity contribution < 1.29 is 4.57 Å². The Labute approximate surface area is 247 Å². The minimum Gasteiger partial charge on any atom is -0.234 e. The molecule has 0 spiro atoms. The monoisotopic (exact) mass is 543 g/mol. The summed E-state index contributed by atoms with van der Waals surface area (Å²) in [6.07, 6.45) is 24.3. The SMILES string of the molecule is CCCCCCCCCCCCCCCC[n+]1cc(CC(C)c2ccccc2)n(C(C)C)c1Cc1ccccc1. The number of aromatic nitrogens is 2. The van der Waals surface area contributed by atoms with E-state index < -0.39 is 0 Å². The third-order valence-corrected chi connectivity index (χ3v) is 8.58. The summed E-state index contributed by atoms with van der Waals surface area (Å²) in [7, 11) is 0. The Hall–Kier alpha value is -2.35. The van der Waals surface area contributed by atoms with E-state index in [-0.39, 0.29) is 0 Å². The molecule has 0 radical (unpaired) electrons. The summed E-state index contributed by atoms with van der Waals surface area (Å²) < 4.78 is 5.23. The van der Waals surface area contributed by atoms with Crippen molar-refractivity contribution in [3.05, 3.63) is 89.5 Å². The van der Waals surface area contributed by atoms with E-state index in [1.807, 2.05) is 0 Å². The maximum atomic E-state index is 2.64. The molecule has 3 aromatic rings. The predicted octanol–water partition coefficient (Wildman–Crippen LogP) is 10.8. The molecule has 3 rings (SSSR count). The molecule has 0 saturated carbocycles. The van der Waals surface area contributed by atoms with Crippen LogP contribution in [0, 0.1) is 0 Å². The Morgan fingerprint density at radius 3 is 1.65 bits per heavy atom. The van der Waals surface area contributed by atoms with Crippen LogP contribution in [0.15, 0.2) is 66.9 Å². The zero-order chi connectivity index (χ0) is 28.4. The normalized spacial score (nSPS) is 12.3. The van der Waals surface area contributed by atoms with Crippen LogP contribution in [0.1, 0.15) is 152 Å². The quantitative estimate of drug-likeness (QED) is 0.0933. The standard InChI is InChI=1S/C38H59N2/c1-5-6-7-8-9-10-11-12-13-14-15-16-17-24-29-39-32-37(30-34(4)36-27-22-19-23-28-36)40(33(2)3)38(39)31-35-25-20-18-21-26-35/h18-23,25-28,32-34H,5-17,24,29-31H2,1-4H3/q+1. The average molecular weight is 544 g/mol. The summed E-state index contributed by atoms with van der Waals surface area (Å²) in [5, 5.41) is 0. The van der Waals surface area contributed by atoms with Crippen LogP contribution < -0.4 is 4.57 Å². The molecule has 1 aromatic heterocycles. The average Bonchev–Trinajstić information content (AvgIpc) is 3.30. The van der Waals surface area contributed by atoms with Gasteiger partial charge in [-0.15, -0.1) is 0 Å². The number of imidazole rings is 1. The third kappa shape index (κ3) is 11.3. The zero-order valence-corrected chi connectivity index (χ0v) is 26.4. The Balaban J connectivity index is 1.51. The molecule has 1 unspecified atom stereocenters. The van der Waals surface area contributed by atoms with Gasteiger partial charge < -0.3 is 0 Å². The first-order valence-corrected chi connectivity index (χ1v) is 16.8. The number of hydrogen-bond acceptors (Lipinski definition) is 0. The zero-order valence-electron chi connectivity index (χ0n) is 26.4. The van der Waals surface area contributed by atoms with Crippen molar-refractivity contribution >= 4 is 0 Å². The predicted molar refractivity (Wildman–Crippen MR) is 173 cm³/mol. The number of rotatable bonds is 21. The number of hydrogen-bond donors (Lipinski definition) is 0. The van der Waals surface area contributed by atoms with Gasteiger partial charge in [0, 0.05) is 6.42 Å². The van der Waals surface area contributed by atoms with Crippen LogP contribution in [0.2, 0.25) is 0 Å². The molecular formula is C38H59N2+. The second kappa shape index (κ2) is 18.9. The van der Waals surface area contributed by atoms with Gasteiger partial charge >= 0.3 is 0 Å². The van der Waals surface area contributed by atoms with E-state index in [9.17, 15) is 0 Å². The van der Waals surface area contributed by atoms with Gasteiger partial charge in [0.1, 0.15) is 11.9 Å². The molecule has 220 valence electrons. The summed E-state index contributed by atoms with van der Waals surface area (Å²) in [5.74, 6) is 1.97. The van der Waals surface area contributed by atoms with Gasteiger partial charge in [-0.3, -0.25) is 0 Å².